The number of Topliss-reactive ketones (excluding diaryl/α,β-unsaturated/α-hetero) is 1. The predicted octanol–water partition coefficient (Wildman–Crippen LogP) is 3.82. The highest BCUT2D eigenvalue weighted by Crippen LogP contribution is 2.27. The Morgan fingerprint density at radius 3 is 1.96 bits per heavy atom. The summed E-state index contributed by atoms with van der Waals surface area (Å²) in [6, 6.07) is 12.1. The van der Waals surface area contributed by atoms with Crippen molar-refractivity contribution in [1.82, 2.24) is 0 Å². The maximum atomic E-state index is 12.3. The number of carbonyl (C=O) groups is 3. The van der Waals surface area contributed by atoms with E-state index in [1.165, 1.54) is 19.1 Å². The van der Waals surface area contributed by atoms with Crippen LogP contribution in [0, 0.1) is 0 Å². The number of rotatable bonds is 8. The van der Waals surface area contributed by atoms with E-state index < -0.39 is 11.9 Å². The van der Waals surface area contributed by atoms with Gasteiger partial charge in [-0.25, -0.2) is 9.59 Å². The first-order chi connectivity index (χ1) is 13.0. The molecule has 6 heteroatoms. The summed E-state index contributed by atoms with van der Waals surface area (Å²) in [6.45, 7) is 5.20. The van der Waals surface area contributed by atoms with Crippen LogP contribution in [0.1, 0.15) is 57.4 Å². The molecule has 0 aliphatic heterocycles. The number of hydrogen-bond donors (Lipinski definition) is 0. The molecule has 0 aliphatic carbocycles. The number of benzene rings is 2. The van der Waals surface area contributed by atoms with Crippen LogP contribution < -0.4 is 4.74 Å². The van der Waals surface area contributed by atoms with Crippen LogP contribution >= 0.6 is 0 Å². The molecule has 0 heterocycles. The zero-order valence-electron chi connectivity index (χ0n) is 15.6. The minimum Gasteiger partial charge on any atom is -0.488 e. The molecule has 6 nitrogen and oxygen atoms in total. The maximum Gasteiger partial charge on any atom is 0.341 e. The summed E-state index contributed by atoms with van der Waals surface area (Å²) < 4.78 is 15.9. The number of esters is 2. The smallest absolute Gasteiger partial charge is 0.341 e. The van der Waals surface area contributed by atoms with Gasteiger partial charge in [-0.3, -0.25) is 4.79 Å². The van der Waals surface area contributed by atoms with E-state index in [9.17, 15) is 14.4 Å². The minimum absolute atomic E-state index is 0.0560. The summed E-state index contributed by atoms with van der Waals surface area (Å²) in [4.78, 5) is 36.6. The highest BCUT2D eigenvalue weighted by atomic mass is 16.5. The Bertz CT molecular complexity index is 826. The molecule has 0 bridgehead atoms. The van der Waals surface area contributed by atoms with E-state index in [4.69, 9.17) is 14.2 Å². The average Bonchev–Trinajstić information content (AvgIpc) is 2.66. The van der Waals surface area contributed by atoms with E-state index in [-0.39, 0.29) is 48.0 Å². The Morgan fingerprint density at radius 2 is 1.41 bits per heavy atom. The SMILES string of the molecule is CCOC(=O)c1cc(C(C)=O)c(C(=O)OCC)cc1OCc1ccccc1. The molecule has 0 atom stereocenters. The highest BCUT2D eigenvalue weighted by molar-refractivity contribution is 6.08. The van der Waals surface area contributed by atoms with Crippen molar-refractivity contribution >= 4 is 17.7 Å². The zero-order chi connectivity index (χ0) is 19.8. The van der Waals surface area contributed by atoms with Crippen LogP contribution in [-0.4, -0.2) is 30.9 Å². The summed E-state index contributed by atoms with van der Waals surface area (Å²) >= 11 is 0. The van der Waals surface area contributed by atoms with Crippen molar-refractivity contribution < 1.29 is 28.6 Å². The number of ketones is 1. The van der Waals surface area contributed by atoms with Gasteiger partial charge in [0.15, 0.2) is 5.78 Å². The average molecular weight is 370 g/mol. The van der Waals surface area contributed by atoms with Gasteiger partial charge in [0.25, 0.3) is 0 Å². The summed E-state index contributed by atoms with van der Waals surface area (Å²) in [7, 11) is 0. The van der Waals surface area contributed by atoms with E-state index in [0.717, 1.165) is 5.56 Å². The third-order valence-electron chi connectivity index (χ3n) is 3.73. The molecule has 0 spiro atoms. The van der Waals surface area contributed by atoms with Crippen molar-refractivity contribution in [3.8, 4) is 5.75 Å². The Balaban J connectivity index is 2.48. The highest BCUT2D eigenvalue weighted by Gasteiger charge is 2.24. The van der Waals surface area contributed by atoms with Crippen molar-refractivity contribution in [2.24, 2.45) is 0 Å². The van der Waals surface area contributed by atoms with Crippen LogP contribution in [0.15, 0.2) is 42.5 Å². The van der Waals surface area contributed by atoms with Crippen LogP contribution in [0.5, 0.6) is 5.75 Å². The normalized spacial score (nSPS) is 10.2. The molecule has 2 rings (SSSR count). The van der Waals surface area contributed by atoms with Crippen LogP contribution in [0.25, 0.3) is 0 Å². The number of carbonyl (C=O) groups excluding carboxylic acids is 3. The van der Waals surface area contributed by atoms with Gasteiger partial charge in [0.2, 0.25) is 0 Å². The molecule has 0 unspecified atom stereocenters. The van der Waals surface area contributed by atoms with Gasteiger partial charge in [0, 0.05) is 5.56 Å². The molecule has 0 radical (unpaired) electrons. The summed E-state index contributed by atoms with van der Waals surface area (Å²) in [5.74, 6) is -1.48. The molecule has 0 aromatic heterocycles. The molecular formula is C21H22O6. The first kappa shape index (κ1) is 20.2. The molecule has 2 aromatic rings. The van der Waals surface area contributed by atoms with Gasteiger partial charge in [0.1, 0.15) is 17.9 Å². The second kappa shape index (κ2) is 9.52. The summed E-state index contributed by atoms with van der Waals surface area (Å²) in [6.07, 6.45) is 0. The van der Waals surface area contributed by atoms with E-state index in [2.05, 4.69) is 0 Å². The molecular weight excluding hydrogens is 348 g/mol. The zero-order valence-corrected chi connectivity index (χ0v) is 15.6. The van der Waals surface area contributed by atoms with Gasteiger partial charge in [-0.2, -0.15) is 0 Å². The lowest BCUT2D eigenvalue weighted by molar-refractivity contribution is 0.0505. The third-order valence-corrected chi connectivity index (χ3v) is 3.73. The van der Waals surface area contributed by atoms with Gasteiger partial charge in [-0.1, -0.05) is 30.3 Å². The summed E-state index contributed by atoms with van der Waals surface area (Å²) in [5.41, 5.74) is 1.12. The second-order valence-electron chi connectivity index (χ2n) is 5.67. The molecule has 0 saturated carbocycles. The van der Waals surface area contributed by atoms with Crippen molar-refractivity contribution in [3.63, 3.8) is 0 Å². The monoisotopic (exact) mass is 370 g/mol. The molecule has 27 heavy (non-hydrogen) atoms. The lowest BCUT2D eigenvalue weighted by Gasteiger charge is -2.15. The molecule has 2 aromatic carbocycles. The van der Waals surface area contributed by atoms with Gasteiger partial charge in [0.05, 0.1) is 18.8 Å². The minimum atomic E-state index is -0.650. The maximum absolute atomic E-state index is 12.3. The Labute approximate surface area is 158 Å². The molecule has 0 aliphatic rings. The van der Waals surface area contributed by atoms with Gasteiger partial charge in [-0.15, -0.1) is 0 Å². The number of ether oxygens (including phenoxy) is 3. The largest absolute Gasteiger partial charge is 0.488 e. The fourth-order valence-electron chi connectivity index (χ4n) is 2.47. The lowest BCUT2D eigenvalue weighted by Crippen LogP contribution is -2.15. The van der Waals surface area contributed by atoms with Gasteiger partial charge < -0.3 is 14.2 Å². The molecule has 0 saturated heterocycles. The van der Waals surface area contributed by atoms with Crippen LogP contribution in [-0.2, 0) is 16.1 Å². The molecule has 0 fully saturated rings. The molecule has 0 N–H and O–H groups in total. The topological polar surface area (TPSA) is 78.9 Å². The van der Waals surface area contributed by atoms with E-state index in [0.29, 0.717) is 0 Å². The Hall–Kier alpha value is -3.15. The van der Waals surface area contributed by atoms with Crippen molar-refractivity contribution in [3.05, 3.63) is 64.7 Å². The van der Waals surface area contributed by atoms with Crippen LogP contribution in [0.4, 0.5) is 0 Å². The van der Waals surface area contributed by atoms with Crippen LogP contribution in [0.2, 0.25) is 0 Å². The van der Waals surface area contributed by atoms with E-state index in [1.807, 2.05) is 30.3 Å². The van der Waals surface area contributed by atoms with Crippen molar-refractivity contribution in [1.29, 1.82) is 0 Å². The van der Waals surface area contributed by atoms with Crippen molar-refractivity contribution in [2.75, 3.05) is 13.2 Å². The fraction of sp³-hybridized carbons (Fsp3) is 0.286. The van der Waals surface area contributed by atoms with E-state index >= 15 is 0 Å². The first-order valence-corrected chi connectivity index (χ1v) is 8.67. The predicted molar refractivity (Wildman–Crippen MR) is 99.1 cm³/mol. The third kappa shape index (κ3) is 5.17. The quantitative estimate of drug-likeness (QED) is 0.519. The second-order valence-corrected chi connectivity index (χ2v) is 5.67. The van der Waals surface area contributed by atoms with E-state index in [1.54, 1.807) is 13.8 Å². The van der Waals surface area contributed by atoms with Crippen LogP contribution in [0.3, 0.4) is 0 Å². The Morgan fingerprint density at radius 1 is 0.815 bits per heavy atom. The lowest BCUT2D eigenvalue weighted by atomic mass is 10.00. The van der Waals surface area contributed by atoms with Crippen molar-refractivity contribution in [2.45, 2.75) is 27.4 Å². The summed E-state index contributed by atoms with van der Waals surface area (Å²) in [5, 5.41) is 0. The van der Waals surface area contributed by atoms with Gasteiger partial charge in [-0.05, 0) is 38.5 Å². The molecule has 0 amide bonds. The Kier molecular flexibility index (Phi) is 7.11. The fourth-order valence-corrected chi connectivity index (χ4v) is 2.47. The number of hydrogen-bond acceptors (Lipinski definition) is 6. The first-order valence-electron chi connectivity index (χ1n) is 8.67. The molecule has 142 valence electrons. The van der Waals surface area contributed by atoms with Gasteiger partial charge >= 0.3 is 11.9 Å². The standard InChI is InChI=1S/C21H22O6/c1-4-25-20(23)17-12-19(27-13-15-9-7-6-8-10-15)18(21(24)26-5-2)11-16(17)14(3)22/h6-12H,4-5,13H2,1-3H3.